The average molecular weight is 358 g/mol. The quantitative estimate of drug-likeness (QED) is 0.912. The van der Waals surface area contributed by atoms with E-state index in [0.29, 0.717) is 18.7 Å². The second-order valence-corrected chi connectivity index (χ2v) is 8.07. The van der Waals surface area contributed by atoms with Gasteiger partial charge in [0.2, 0.25) is 15.9 Å². The topological polar surface area (TPSA) is 66.5 Å². The van der Waals surface area contributed by atoms with Crippen molar-refractivity contribution >= 4 is 15.9 Å². The molecule has 0 aliphatic carbocycles. The molecule has 0 spiro atoms. The molecule has 0 saturated heterocycles. The van der Waals surface area contributed by atoms with E-state index in [1.165, 1.54) is 5.56 Å². The van der Waals surface area contributed by atoms with Gasteiger partial charge >= 0.3 is 0 Å². The minimum atomic E-state index is -3.73. The molecule has 1 aliphatic rings. The molecule has 25 heavy (non-hydrogen) atoms. The first kappa shape index (κ1) is 17.6. The van der Waals surface area contributed by atoms with Crippen LogP contribution in [-0.4, -0.2) is 31.8 Å². The Labute approximate surface area is 148 Å². The number of hydrogen-bond donors (Lipinski definition) is 1. The van der Waals surface area contributed by atoms with Crippen molar-refractivity contribution < 1.29 is 13.2 Å². The zero-order valence-corrected chi connectivity index (χ0v) is 15.2. The van der Waals surface area contributed by atoms with E-state index in [9.17, 15) is 13.2 Å². The Hall–Kier alpha value is -2.18. The van der Waals surface area contributed by atoms with Gasteiger partial charge in [-0.15, -0.1) is 0 Å². The summed E-state index contributed by atoms with van der Waals surface area (Å²) in [6.07, 6.45) is 0.791. The number of rotatable bonds is 4. The van der Waals surface area contributed by atoms with E-state index < -0.39 is 16.1 Å². The summed E-state index contributed by atoms with van der Waals surface area (Å²) in [5.41, 5.74) is 3.03. The number of benzene rings is 2. The van der Waals surface area contributed by atoms with Gasteiger partial charge in [-0.1, -0.05) is 42.5 Å². The predicted molar refractivity (Wildman–Crippen MR) is 96.5 cm³/mol. The van der Waals surface area contributed by atoms with Crippen LogP contribution in [0.4, 0.5) is 0 Å². The Kier molecular flexibility index (Phi) is 4.92. The van der Waals surface area contributed by atoms with Crippen LogP contribution in [0.25, 0.3) is 0 Å². The van der Waals surface area contributed by atoms with Gasteiger partial charge in [0.25, 0.3) is 0 Å². The lowest BCUT2D eigenvalue weighted by atomic mass is 9.99. The fourth-order valence-corrected chi connectivity index (χ4v) is 4.61. The highest BCUT2D eigenvalue weighted by molar-refractivity contribution is 7.89. The largest absolute Gasteiger partial charge is 0.337 e. The third kappa shape index (κ3) is 3.75. The first-order chi connectivity index (χ1) is 11.9. The first-order valence-corrected chi connectivity index (χ1v) is 9.80. The summed E-state index contributed by atoms with van der Waals surface area (Å²) < 4.78 is 27.6. The van der Waals surface area contributed by atoms with Crippen LogP contribution in [0.5, 0.6) is 0 Å². The lowest BCUT2D eigenvalue weighted by Gasteiger charge is -2.31. The molecule has 0 bridgehead atoms. The minimum Gasteiger partial charge on any atom is -0.337 e. The Bertz CT molecular complexity index is 893. The molecule has 0 fully saturated rings. The van der Waals surface area contributed by atoms with E-state index in [1.54, 1.807) is 43.0 Å². The van der Waals surface area contributed by atoms with Crippen molar-refractivity contribution in [3.63, 3.8) is 0 Å². The lowest BCUT2D eigenvalue weighted by molar-refractivity contribution is -0.133. The molecule has 5 nitrogen and oxygen atoms in total. The van der Waals surface area contributed by atoms with Crippen LogP contribution in [0.15, 0.2) is 53.4 Å². The number of nitrogens with one attached hydrogen (secondary N) is 1. The Balaban J connectivity index is 1.72. The standard InChI is InChI=1S/C19H22N2O3S/c1-14-7-3-6-10-18(14)25(23,24)20-15(2)19(22)21-12-11-16-8-4-5-9-17(16)13-21/h3-10,15,20H,11-13H2,1-2H3/t15-/m0/s1. The molecule has 0 aromatic heterocycles. The van der Waals surface area contributed by atoms with Crippen LogP contribution < -0.4 is 4.72 Å². The summed E-state index contributed by atoms with van der Waals surface area (Å²) in [6, 6.07) is 14.0. The van der Waals surface area contributed by atoms with E-state index in [-0.39, 0.29) is 10.8 Å². The van der Waals surface area contributed by atoms with Crippen LogP contribution in [0.1, 0.15) is 23.6 Å². The van der Waals surface area contributed by atoms with E-state index >= 15 is 0 Å². The van der Waals surface area contributed by atoms with Crippen LogP contribution in [0.2, 0.25) is 0 Å². The van der Waals surface area contributed by atoms with Gasteiger partial charge < -0.3 is 4.90 Å². The SMILES string of the molecule is Cc1ccccc1S(=O)(=O)N[C@@H](C)C(=O)N1CCc2ccccc2C1. The third-order valence-corrected chi connectivity index (χ3v) is 6.23. The van der Waals surface area contributed by atoms with Gasteiger partial charge in [-0.25, -0.2) is 8.42 Å². The van der Waals surface area contributed by atoms with Crippen LogP contribution >= 0.6 is 0 Å². The Morgan fingerprint density at radius 3 is 2.44 bits per heavy atom. The maximum absolute atomic E-state index is 12.7. The highest BCUT2D eigenvalue weighted by Gasteiger charge is 2.28. The zero-order chi connectivity index (χ0) is 18.0. The number of aryl methyl sites for hydroxylation is 1. The molecule has 0 unspecified atom stereocenters. The molecule has 2 aromatic rings. The summed E-state index contributed by atoms with van der Waals surface area (Å²) in [5, 5.41) is 0. The molecule has 2 aromatic carbocycles. The number of hydrogen-bond acceptors (Lipinski definition) is 3. The van der Waals surface area contributed by atoms with Crippen LogP contribution in [-0.2, 0) is 27.8 Å². The van der Waals surface area contributed by atoms with Gasteiger partial charge in [0, 0.05) is 13.1 Å². The molecule has 3 rings (SSSR count). The normalized spacial score (nSPS) is 15.5. The van der Waals surface area contributed by atoms with E-state index in [4.69, 9.17) is 0 Å². The number of nitrogens with zero attached hydrogens (tertiary/aromatic N) is 1. The van der Waals surface area contributed by atoms with E-state index in [2.05, 4.69) is 10.8 Å². The van der Waals surface area contributed by atoms with Crippen molar-refractivity contribution in [1.82, 2.24) is 9.62 Å². The monoisotopic (exact) mass is 358 g/mol. The number of carbonyl (C=O) groups excluding carboxylic acids is 1. The van der Waals surface area contributed by atoms with Gasteiger partial charge in [-0.3, -0.25) is 4.79 Å². The molecule has 1 heterocycles. The van der Waals surface area contributed by atoms with Crippen LogP contribution in [0.3, 0.4) is 0 Å². The van der Waals surface area contributed by atoms with Crippen LogP contribution in [0, 0.1) is 6.92 Å². The van der Waals surface area contributed by atoms with Gasteiger partial charge in [-0.2, -0.15) is 4.72 Å². The van der Waals surface area contributed by atoms with Crippen molar-refractivity contribution in [2.45, 2.75) is 37.8 Å². The van der Waals surface area contributed by atoms with Gasteiger partial charge in [0.05, 0.1) is 10.9 Å². The molecule has 1 amide bonds. The smallest absolute Gasteiger partial charge is 0.241 e. The summed E-state index contributed by atoms with van der Waals surface area (Å²) in [7, 11) is -3.73. The van der Waals surface area contributed by atoms with Gasteiger partial charge in [0.1, 0.15) is 0 Å². The van der Waals surface area contributed by atoms with Crippen molar-refractivity contribution in [2.24, 2.45) is 0 Å². The fraction of sp³-hybridized carbons (Fsp3) is 0.316. The van der Waals surface area contributed by atoms with Crippen molar-refractivity contribution in [3.05, 3.63) is 65.2 Å². The molecule has 1 atom stereocenters. The molecule has 1 aliphatic heterocycles. The van der Waals surface area contributed by atoms with E-state index in [0.717, 1.165) is 12.0 Å². The average Bonchev–Trinajstić information content (AvgIpc) is 2.60. The molecule has 1 N–H and O–H groups in total. The molecule has 0 radical (unpaired) electrons. The third-order valence-electron chi connectivity index (χ3n) is 4.53. The van der Waals surface area contributed by atoms with Crippen molar-refractivity contribution in [3.8, 4) is 0 Å². The highest BCUT2D eigenvalue weighted by atomic mass is 32.2. The number of fused-ring (bicyclic) bond motifs is 1. The minimum absolute atomic E-state index is 0.202. The molecule has 0 saturated carbocycles. The zero-order valence-electron chi connectivity index (χ0n) is 14.4. The molecule has 6 heteroatoms. The second kappa shape index (κ2) is 6.98. The fourth-order valence-electron chi connectivity index (χ4n) is 3.16. The Morgan fingerprint density at radius 2 is 1.72 bits per heavy atom. The molecule has 132 valence electrons. The highest BCUT2D eigenvalue weighted by Crippen LogP contribution is 2.20. The summed E-state index contributed by atoms with van der Waals surface area (Å²) in [6.45, 7) is 4.46. The van der Waals surface area contributed by atoms with Gasteiger partial charge in [-0.05, 0) is 43.0 Å². The number of carbonyl (C=O) groups is 1. The van der Waals surface area contributed by atoms with E-state index in [1.807, 2.05) is 18.2 Å². The van der Waals surface area contributed by atoms with Crippen molar-refractivity contribution in [2.75, 3.05) is 6.54 Å². The van der Waals surface area contributed by atoms with Gasteiger partial charge in [0.15, 0.2) is 0 Å². The second-order valence-electron chi connectivity index (χ2n) is 6.39. The number of sulfonamides is 1. The summed E-state index contributed by atoms with van der Waals surface area (Å²) in [4.78, 5) is 14.6. The first-order valence-electron chi connectivity index (χ1n) is 8.32. The Morgan fingerprint density at radius 1 is 1.08 bits per heavy atom. The van der Waals surface area contributed by atoms with Crippen molar-refractivity contribution in [1.29, 1.82) is 0 Å². The molecular weight excluding hydrogens is 336 g/mol. The maximum Gasteiger partial charge on any atom is 0.241 e. The summed E-state index contributed by atoms with van der Waals surface area (Å²) in [5.74, 6) is -0.202. The molecular formula is C19H22N2O3S. The lowest BCUT2D eigenvalue weighted by Crippen LogP contribution is -2.48. The summed E-state index contributed by atoms with van der Waals surface area (Å²) >= 11 is 0. The number of amides is 1. The maximum atomic E-state index is 12.7. The predicted octanol–water partition coefficient (Wildman–Crippen LogP) is 2.25.